The van der Waals surface area contributed by atoms with E-state index in [4.69, 9.17) is 4.42 Å². The molecule has 0 N–H and O–H groups in total. The molecule has 1 aliphatic rings. The topological polar surface area (TPSA) is 57.0 Å². The van der Waals surface area contributed by atoms with Crippen molar-refractivity contribution in [3.63, 3.8) is 0 Å². The lowest BCUT2D eigenvalue weighted by molar-refractivity contribution is 0.166. The number of para-hydroxylation sites is 1. The van der Waals surface area contributed by atoms with Gasteiger partial charge in [-0.15, -0.1) is 0 Å². The van der Waals surface area contributed by atoms with Crippen molar-refractivity contribution in [2.24, 2.45) is 0 Å². The number of rotatable bonds is 6. The van der Waals surface area contributed by atoms with Crippen LogP contribution in [0, 0.1) is 0 Å². The molecule has 1 fully saturated rings. The molecule has 7 heteroatoms. The molecule has 0 unspecified atom stereocenters. The minimum Gasteiger partial charge on any atom is -0.463 e. The van der Waals surface area contributed by atoms with Gasteiger partial charge < -0.3 is 9.32 Å². The molecule has 1 atom stereocenters. The lowest BCUT2D eigenvalue weighted by Crippen LogP contribution is -2.51. The van der Waals surface area contributed by atoms with Gasteiger partial charge in [0, 0.05) is 38.4 Å². The van der Waals surface area contributed by atoms with E-state index in [-0.39, 0.29) is 6.54 Å². The van der Waals surface area contributed by atoms with Gasteiger partial charge in [-0.1, -0.05) is 18.2 Å². The summed E-state index contributed by atoms with van der Waals surface area (Å²) in [4.78, 5) is 4.82. The molecule has 26 heavy (non-hydrogen) atoms. The van der Waals surface area contributed by atoms with Crippen molar-refractivity contribution in [2.75, 3.05) is 37.8 Å². The summed E-state index contributed by atoms with van der Waals surface area (Å²) in [5.74, 6) is 1.55. The van der Waals surface area contributed by atoms with E-state index in [1.54, 1.807) is 7.05 Å². The van der Waals surface area contributed by atoms with Crippen molar-refractivity contribution in [3.8, 4) is 0 Å². The van der Waals surface area contributed by atoms with Gasteiger partial charge in [-0.2, -0.15) is 4.31 Å². The van der Waals surface area contributed by atoms with Gasteiger partial charge in [0.2, 0.25) is 10.0 Å². The third kappa shape index (κ3) is 4.66. The van der Waals surface area contributed by atoms with Crippen molar-refractivity contribution in [3.05, 3.63) is 54.0 Å². The summed E-state index contributed by atoms with van der Waals surface area (Å²) >= 11 is 0. The SMILES string of the molecule is C[C@@H]1CN(c2ccccc2)CCN1Cc1ccc(CN(C)S(C)(=O)=O)o1. The third-order valence-corrected chi connectivity index (χ3v) is 6.17. The quantitative estimate of drug-likeness (QED) is 0.774. The highest BCUT2D eigenvalue weighted by molar-refractivity contribution is 7.88. The Kier molecular flexibility index (Phi) is 5.70. The smallest absolute Gasteiger partial charge is 0.211 e. The van der Waals surface area contributed by atoms with Gasteiger partial charge in [0.05, 0.1) is 19.3 Å². The highest BCUT2D eigenvalue weighted by Crippen LogP contribution is 2.21. The fourth-order valence-corrected chi connectivity index (χ4v) is 3.59. The molecule has 0 spiro atoms. The first-order valence-corrected chi connectivity index (χ1v) is 10.7. The van der Waals surface area contributed by atoms with Gasteiger partial charge in [0.15, 0.2) is 0 Å². The highest BCUT2D eigenvalue weighted by Gasteiger charge is 2.24. The molecule has 1 aromatic heterocycles. The summed E-state index contributed by atoms with van der Waals surface area (Å²) in [5, 5.41) is 0. The van der Waals surface area contributed by atoms with Crippen LogP contribution in [-0.4, -0.2) is 56.6 Å². The average Bonchev–Trinajstić information content (AvgIpc) is 3.03. The number of anilines is 1. The summed E-state index contributed by atoms with van der Waals surface area (Å²) in [7, 11) is -1.64. The van der Waals surface area contributed by atoms with E-state index in [9.17, 15) is 8.42 Å². The van der Waals surface area contributed by atoms with E-state index in [0.29, 0.717) is 11.8 Å². The molecule has 0 amide bonds. The van der Waals surface area contributed by atoms with Crippen molar-refractivity contribution in [2.45, 2.75) is 26.1 Å². The Hall–Kier alpha value is -1.83. The Morgan fingerprint density at radius 2 is 1.81 bits per heavy atom. The Morgan fingerprint density at radius 3 is 2.46 bits per heavy atom. The first kappa shape index (κ1) is 18.9. The molecule has 0 aliphatic carbocycles. The van der Waals surface area contributed by atoms with Gasteiger partial charge >= 0.3 is 0 Å². The summed E-state index contributed by atoms with van der Waals surface area (Å²) in [6, 6.07) is 14.7. The van der Waals surface area contributed by atoms with E-state index in [1.165, 1.54) is 16.2 Å². The molecule has 6 nitrogen and oxygen atoms in total. The number of piperazine rings is 1. The van der Waals surface area contributed by atoms with Crippen LogP contribution in [-0.2, 0) is 23.1 Å². The standard InChI is InChI=1S/C19H27N3O3S/c1-16-13-22(17-7-5-4-6-8-17)12-11-21(16)15-19-10-9-18(25-19)14-20(2)26(3,23)24/h4-10,16H,11-15H2,1-3H3/t16-/m1/s1. The molecule has 2 aromatic rings. The second kappa shape index (κ2) is 7.82. The summed E-state index contributed by atoms with van der Waals surface area (Å²) in [6.07, 6.45) is 1.20. The summed E-state index contributed by atoms with van der Waals surface area (Å²) in [5.41, 5.74) is 1.27. The molecule has 1 aliphatic heterocycles. The normalized spacial score (nSPS) is 19.2. The van der Waals surface area contributed by atoms with Crippen LogP contribution in [0.4, 0.5) is 5.69 Å². The first-order chi connectivity index (χ1) is 12.3. The van der Waals surface area contributed by atoms with E-state index in [1.807, 2.05) is 18.2 Å². The molecular weight excluding hydrogens is 350 g/mol. The molecule has 142 valence electrons. The fourth-order valence-electron chi connectivity index (χ4n) is 3.23. The fraction of sp³-hybridized carbons (Fsp3) is 0.474. The minimum atomic E-state index is -3.20. The lowest BCUT2D eigenvalue weighted by Gasteiger charge is -2.40. The molecular formula is C19H27N3O3S. The van der Waals surface area contributed by atoms with Crippen LogP contribution in [0.25, 0.3) is 0 Å². The Labute approximate surface area is 156 Å². The van der Waals surface area contributed by atoms with Crippen LogP contribution in [0.5, 0.6) is 0 Å². The third-order valence-electron chi connectivity index (χ3n) is 4.91. The van der Waals surface area contributed by atoms with Crippen molar-refractivity contribution in [1.29, 1.82) is 0 Å². The van der Waals surface area contributed by atoms with E-state index < -0.39 is 10.0 Å². The van der Waals surface area contributed by atoms with Crippen LogP contribution in [0.2, 0.25) is 0 Å². The molecule has 2 heterocycles. The zero-order chi connectivity index (χ0) is 18.7. The molecule has 0 bridgehead atoms. The number of hydrogen-bond acceptors (Lipinski definition) is 5. The number of furan rings is 1. The van der Waals surface area contributed by atoms with Crippen molar-refractivity contribution in [1.82, 2.24) is 9.21 Å². The number of sulfonamides is 1. The van der Waals surface area contributed by atoms with Crippen LogP contribution < -0.4 is 4.90 Å². The monoisotopic (exact) mass is 377 g/mol. The highest BCUT2D eigenvalue weighted by atomic mass is 32.2. The molecule has 1 aromatic carbocycles. The van der Waals surface area contributed by atoms with Gasteiger partial charge in [-0.3, -0.25) is 4.90 Å². The van der Waals surface area contributed by atoms with Gasteiger partial charge in [-0.05, 0) is 31.2 Å². The largest absolute Gasteiger partial charge is 0.463 e. The molecule has 3 rings (SSSR count). The van der Waals surface area contributed by atoms with Crippen LogP contribution in [0.15, 0.2) is 46.9 Å². The van der Waals surface area contributed by atoms with E-state index in [0.717, 1.165) is 31.9 Å². The number of benzene rings is 1. The molecule has 0 saturated carbocycles. The summed E-state index contributed by atoms with van der Waals surface area (Å²) < 4.78 is 30.2. The number of nitrogens with zero attached hydrogens (tertiary/aromatic N) is 3. The lowest BCUT2D eigenvalue weighted by atomic mass is 10.1. The Balaban J connectivity index is 1.57. The van der Waals surface area contributed by atoms with Crippen LogP contribution in [0.3, 0.4) is 0 Å². The maximum absolute atomic E-state index is 11.5. The molecule has 0 radical (unpaired) electrons. The maximum atomic E-state index is 11.5. The van der Waals surface area contributed by atoms with Crippen LogP contribution >= 0.6 is 0 Å². The zero-order valence-corrected chi connectivity index (χ0v) is 16.4. The van der Waals surface area contributed by atoms with Gasteiger partial charge in [0.1, 0.15) is 11.5 Å². The second-order valence-electron chi connectivity index (χ2n) is 6.99. The maximum Gasteiger partial charge on any atom is 0.211 e. The first-order valence-electron chi connectivity index (χ1n) is 8.86. The average molecular weight is 378 g/mol. The second-order valence-corrected chi connectivity index (χ2v) is 9.08. The predicted molar refractivity (Wildman–Crippen MR) is 104 cm³/mol. The Morgan fingerprint density at radius 1 is 1.12 bits per heavy atom. The number of hydrogen-bond donors (Lipinski definition) is 0. The van der Waals surface area contributed by atoms with Gasteiger partial charge in [-0.25, -0.2) is 8.42 Å². The van der Waals surface area contributed by atoms with Crippen molar-refractivity contribution < 1.29 is 12.8 Å². The predicted octanol–water partition coefficient (Wildman–Crippen LogP) is 2.38. The Bertz CT molecular complexity index is 820. The zero-order valence-electron chi connectivity index (χ0n) is 15.6. The van der Waals surface area contributed by atoms with Gasteiger partial charge in [0.25, 0.3) is 0 Å². The summed E-state index contributed by atoms with van der Waals surface area (Å²) in [6.45, 7) is 6.17. The molecule has 1 saturated heterocycles. The minimum absolute atomic E-state index is 0.260. The van der Waals surface area contributed by atoms with Crippen LogP contribution in [0.1, 0.15) is 18.4 Å². The van der Waals surface area contributed by atoms with E-state index >= 15 is 0 Å². The van der Waals surface area contributed by atoms with E-state index in [2.05, 4.69) is 41.0 Å². The van der Waals surface area contributed by atoms with Crippen molar-refractivity contribution >= 4 is 15.7 Å².